The Kier molecular flexibility index (Phi) is 6.18. The predicted octanol–water partition coefficient (Wildman–Crippen LogP) is 4.34. The fourth-order valence-electron chi connectivity index (χ4n) is 2.73. The van der Waals surface area contributed by atoms with Crippen LogP contribution < -0.4 is 0 Å². The first kappa shape index (κ1) is 19.4. The molecule has 0 atom stereocenters. The van der Waals surface area contributed by atoms with Crippen LogP contribution in [0.3, 0.4) is 0 Å². The number of benzene rings is 1. The molecule has 23 heavy (non-hydrogen) atoms. The first-order valence-electron chi connectivity index (χ1n) is 8.13. The number of carboxylic acid groups (broad SMARTS) is 1. The van der Waals surface area contributed by atoms with Gasteiger partial charge in [0.2, 0.25) is 0 Å². The normalized spacial score (nSPS) is 13.7. The maximum Gasteiger partial charge on any atom is 0.333 e. The first-order valence-corrected chi connectivity index (χ1v) is 8.13. The molecule has 3 heteroatoms. The molecule has 0 aliphatic rings. The summed E-state index contributed by atoms with van der Waals surface area (Å²) in [7, 11) is 0. The fraction of sp³-hybridized carbons (Fsp3) is 0.550. The summed E-state index contributed by atoms with van der Waals surface area (Å²) >= 11 is 0. The second kappa shape index (κ2) is 7.31. The highest BCUT2D eigenvalue weighted by Crippen LogP contribution is 2.32. The molecular weight excluding hydrogens is 288 g/mol. The molecule has 1 aromatic carbocycles. The van der Waals surface area contributed by atoms with E-state index in [1.165, 1.54) is 11.1 Å². The minimum Gasteiger partial charge on any atom is -0.478 e. The van der Waals surface area contributed by atoms with Gasteiger partial charge in [-0.15, -0.1) is 0 Å². The standard InChI is InChI=1S/C20H30O3/c1-19(2,3)15-9-7-8-14(12-15)10-11-17(20(4,5)6)16(13-21)18(22)23/h7-9,12,21H,10-11,13H2,1-6H3,(H,22,23). The Hall–Kier alpha value is -1.61. The summed E-state index contributed by atoms with van der Waals surface area (Å²) in [6.45, 7) is 12.1. The smallest absolute Gasteiger partial charge is 0.333 e. The molecule has 0 amide bonds. The van der Waals surface area contributed by atoms with E-state index in [9.17, 15) is 15.0 Å². The van der Waals surface area contributed by atoms with Gasteiger partial charge in [-0.05, 0) is 34.8 Å². The molecule has 0 aliphatic heterocycles. The van der Waals surface area contributed by atoms with Crippen molar-refractivity contribution in [3.05, 3.63) is 46.5 Å². The van der Waals surface area contributed by atoms with Crippen molar-refractivity contribution >= 4 is 5.97 Å². The van der Waals surface area contributed by atoms with E-state index >= 15 is 0 Å². The second-order valence-electron chi connectivity index (χ2n) is 8.12. The van der Waals surface area contributed by atoms with Gasteiger partial charge in [-0.3, -0.25) is 0 Å². The molecule has 1 aromatic rings. The van der Waals surface area contributed by atoms with Gasteiger partial charge in [-0.2, -0.15) is 0 Å². The SMILES string of the molecule is CC(C)(C)C(CCc1cccc(C(C)(C)C)c1)=C(CO)C(=O)O. The van der Waals surface area contributed by atoms with Gasteiger partial charge in [-0.1, -0.05) is 71.4 Å². The number of aliphatic carboxylic acids is 1. The number of aliphatic hydroxyl groups excluding tert-OH is 1. The lowest BCUT2D eigenvalue weighted by Crippen LogP contribution is -2.19. The lowest BCUT2D eigenvalue weighted by molar-refractivity contribution is -0.133. The zero-order chi connectivity index (χ0) is 17.8. The molecule has 0 aromatic heterocycles. The third kappa shape index (κ3) is 5.51. The number of allylic oxidation sites excluding steroid dienone is 1. The first-order chi connectivity index (χ1) is 10.5. The Morgan fingerprint density at radius 1 is 1.09 bits per heavy atom. The summed E-state index contributed by atoms with van der Waals surface area (Å²) in [5, 5.41) is 18.8. The summed E-state index contributed by atoms with van der Waals surface area (Å²) < 4.78 is 0. The Balaban J connectivity index is 3.08. The highest BCUT2D eigenvalue weighted by atomic mass is 16.4. The van der Waals surface area contributed by atoms with Crippen LogP contribution in [0.25, 0.3) is 0 Å². The van der Waals surface area contributed by atoms with Crippen LogP contribution in [0.4, 0.5) is 0 Å². The van der Waals surface area contributed by atoms with E-state index in [-0.39, 0.29) is 16.4 Å². The third-order valence-corrected chi connectivity index (χ3v) is 4.14. The number of rotatable bonds is 5. The van der Waals surface area contributed by atoms with Gasteiger partial charge in [0.15, 0.2) is 0 Å². The molecule has 0 unspecified atom stereocenters. The highest BCUT2D eigenvalue weighted by Gasteiger charge is 2.24. The molecule has 0 bridgehead atoms. The van der Waals surface area contributed by atoms with Crippen LogP contribution in [0, 0.1) is 5.41 Å². The van der Waals surface area contributed by atoms with Crippen molar-refractivity contribution in [3.63, 3.8) is 0 Å². The molecule has 0 heterocycles. The zero-order valence-electron chi connectivity index (χ0n) is 15.2. The Labute approximate surface area is 140 Å². The van der Waals surface area contributed by atoms with Crippen molar-refractivity contribution < 1.29 is 15.0 Å². The number of aliphatic hydroxyl groups is 1. The number of carboxylic acids is 1. The van der Waals surface area contributed by atoms with Gasteiger partial charge in [0.25, 0.3) is 0 Å². The molecule has 1 rings (SSSR count). The van der Waals surface area contributed by atoms with Crippen molar-refractivity contribution in [1.82, 2.24) is 0 Å². The van der Waals surface area contributed by atoms with Crippen molar-refractivity contribution in [2.24, 2.45) is 5.41 Å². The van der Waals surface area contributed by atoms with Crippen molar-refractivity contribution in [3.8, 4) is 0 Å². The maximum absolute atomic E-state index is 11.4. The lowest BCUT2D eigenvalue weighted by atomic mass is 9.79. The predicted molar refractivity (Wildman–Crippen MR) is 94.7 cm³/mol. The molecule has 0 saturated heterocycles. The maximum atomic E-state index is 11.4. The molecule has 0 aliphatic carbocycles. The van der Waals surface area contributed by atoms with E-state index < -0.39 is 12.6 Å². The summed E-state index contributed by atoms with van der Waals surface area (Å²) in [6.07, 6.45) is 1.41. The van der Waals surface area contributed by atoms with Crippen molar-refractivity contribution in [2.45, 2.75) is 59.8 Å². The molecule has 0 spiro atoms. The topological polar surface area (TPSA) is 57.5 Å². The largest absolute Gasteiger partial charge is 0.478 e. The second-order valence-corrected chi connectivity index (χ2v) is 8.12. The average molecular weight is 318 g/mol. The van der Waals surface area contributed by atoms with Crippen LogP contribution in [-0.2, 0) is 16.6 Å². The quantitative estimate of drug-likeness (QED) is 0.794. The van der Waals surface area contributed by atoms with Crippen molar-refractivity contribution in [2.75, 3.05) is 6.61 Å². The van der Waals surface area contributed by atoms with Gasteiger partial charge in [0.05, 0.1) is 12.2 Å². The van der Waals surface area contributed by atoms with Gasteiger partial charge in [-0.25, -0.2) is 4.79 Å². The van der Waals surface area contributed by atoms with Gasteiger partial charge < -0.3 is 10.2 Å². The Bertz CT molecular complexity index is 584. The molecule has 0 radical (unpaired) electrons. The van der Waals surface area contributed by atoms with Crippen LogP contribution in [0.2, 0.25) is 0 Å². The minimum atomic E-state index is -1.03. The number of aryl methyl sites for hydroxylation is 1. The summed E-state index contributed by atoms with van der Waals surface area (Å²) in [5.41, 5.74) is 3.23. The van der Waals surface area contributed by atoms with Crippen LogP contribution in [0.15, 0.2) is 35.4 Å². The average Bonchev–Trinajstić information content (AvgIpc) is 2.41. The van der Waals surface area contributed by atoms with E-state index in [2.05, 4.69) is 45.0 Å². The summed E-state index contributed by atoms with van der Waals surface area (Å²) in [6, 6.07) is 8.45. The van der Waals surface area contributed by atoms with E-state index in [1.807, 2.05) is 20.8 Å². The van der Waals surface area contributed by atoms with E-state index in [0.717, 1.165) is 12.0 Å². The van der Waals surface area contributed by atoms with Crippen LogP contribution in [0.1, 0.15) is 59.1 Å². The van der Waals surface area contributed by atoms with E-state index in [1.54, 1.807) is 0 Å². The third-order valence-electron chi connectivity index (χ3n) is 4.14. The molecule has 3 nitrogen and oxygen atoms in total. The van der Waals surface area contributed by atoms with Gasteiger partial charge in [0, 0.05) is 0 Å². The number of hydrogen-bond acceptors (Lipinski definition) is 2. The number of carbonyl (C=O) groups is 1. The lowest BCUT2D eigenvalue weighted by Gasteiger charge is -2.26. The molecule has 128 valence electrons. The molecule has 2 N–H and O–H groups in total. The monoisotopic (exact) mass is 318 g/mol. The number of hydrogen-bond donors (Lipinski definition) is 2. The van der Waals surface area contributed by atoms with E-state index in [0.29, 0.717) is 6.42 Å². The Morgan fingerprint density at radius 2 is 1.70 bits per heavy atom. The minimum absolute atomic E-state index is 0.0933. The van der Waals surface area contributed by atoms with Crippen molar-refractivity contribution in [1.29, 1.82) is 0 Å². The van der Waals surface area contributed by atoms with E-state index in [4.69, 9.17) is 0 Å². The van der Waals surface area contributed by atoms with Gasteiger partial charge in [0.1, 0.15) is 0 Å². The Morgan fingerprint density at radius 3 is 2.13 bits per heavy atom. The van der Waals surface area contributed by atoms with Crippen LogP contribution >= 0.6 is 0 Å². The molecule has 0 saturated carbocycles. The fourth-order valence-corrected chi connectivity index (χ4v) is 2.73. The summed E-state index contributed by atoms with van der Waals surface area (Å²) in [5.74, 6) is -1.03. The van der Waals surface area contributed by atoms with Crippen LogP contribution in [0.5, 0.6) is 0 Å². The van der Waals surface area contributed by atoms with Gasteiger partial charge >= 0.3 is 5.97 Å². The summed E-state index contributed by atoms with van der Waals surface area (Å²) in [4.78, 5) is 11.4. The molecule has 0 fully saturated rings. The van der Waals surface area contributed by atoms with Crippen LogP contribution in [-0.4, -0.2) is 22.8 Å². The highest BCUT2D eigenvalue weighted by molar-refractivity contribution is 5.88. The molecular formula is C20H30O3. The zero-order valence-corrected chi connectivity index (χ0v) is 15.2.